The van der Waals surface area contributed by atoms with Gasteiger partial charge in [-0.15, -0.1) is 11.3 Å². The van der Waals surface area contributed by atoms with Gasteiger partial charge in [0.25, 0.3) is 5.91 Å². The third kappa shape index (κ3) is 3.75. The van der Waals surface area contributed by atoms with E-state index in [4.69, 9.17) is 11.0 Å². The van der Waals surface area contributed by atoms with Gasteiger partial charge in [0.05, 0.1) is 18.2 Å². The number of amides is 1. The van der Waals surface area contributed by atoms with Crippen LogP contribution in [0.15, 0.2) is 11.4 Å². The zero-order chi connectivity index (χ0) is 12.8. The van der Waals surface area contributed by atoms with E-state index in [-0.39, 0.29) is 5.91 Å². The molecule has 0 radical (unpaired) electrons. The summed E-state index contributed by atoms with van der Waals surface area (Å²) in [5, 5.41) is 10.4. The van der Waals surface area contributed by atoms with Gasteiger partial charge in [0.15, 0.2) is 0 Å². The highest BCUT2D eigenvalue weighted by Gasteiger charge is 2.19. The molecule has 0 bridgehead atoms. The first kappa shape index (κ1) is 13.5. The number of hydrogen-bond acceptors (Lipinski definition) is 4. The molecule has 0 aliphatic heterocycles. The summed E-state index contributed by atoms with van der Waals surface area (Å²) in [5.74, 6) is 0.306. The maximum Gasteiger partial charge on any atom is 0.266 e. The highest BCUT2D eigenvalue weighted by molar-refractivity contribution is 7.12. The summed E-state index contributed by atoms with van der Waals surface area (Å²) < 4.78 is 0. The van der Waals surface area contributed by atoms with Crippen LogP contribution in [0, 0.1) is 17.2 Å². The van der Waals surface area contributed by atoms with Crippen molar-refractivity contribution in [2.24, 2.45) is 5.92 Å². The van der Waals surface area contributed by atoms with E-state index in [9.17, 15) is 4.79 Å². The zero-order valence-corrected chi connectivity index (χ0v) is 11.0. The van der Waals surface area contributed by atoms with Crippen LogP contribution in [0.4, 0.5) is 5.69 Å². The zero-order valence-electron chi connectivity index (χ0n) is 10.1. The van der Waals surface area contributed by atoms with Gasteiger partial charge in [0.1, 0.15) is 4.88 Å². The quantitative estimate of drug-likeness (QED) is 0.873. The maximum atomic E-state index is 12.2. The first-order valence-electron chi connectivity index (χ1n) is 5.55. The van der Waals surface area contributed by atoms with E-state index in [0.717, 1.165) is 0 Å². The van der Waals surface area contributed by atoms with Crippen LogP contribution in [0.3, 0.4) is 0 Å². The fourth-order valence-electron chi connectivity index (χ4n) is 1.54. The van der Waals surface area contributed by atoms with E-state index in [0.29, 0.717) is 36.0 Å². The molecule has 4 nitrogen and oxygen atoms in total. The molecule has 1 aromatic heterocycles. The van der Waals surface area contributed by atoms with Crippen LogP contribution in [0.1, 0.15) is 29.9 Å². The van der Waals surface area contributed by atoms with Gasteiger partial charge in [-0.1, -0.05) is 13.8 Å². The molecule has 0 saturated carbocycles. The molecule has 0 aliphatic rings. The van der Waals surface area contributed by atoms with Crippen LogP contribution < -0.4 is 5.73 Å². The van der Waals surface area contributed by atoms with Gasteiger partial charge in [0, 0.05) is 13.1 Å². The van der Waals surface area contributed by atoms with Gasteiger partial charge in [-0.25, -0.2) is 0 Å². The van der Waals surface area contributed by atoms with Crippen molar-refractivity contribution in [2.45, 2.75) is 20.3 Å². The van der Waals surface area contributed by atoms with Crippen LogP contribution in [0.25, 0.3) is 0 Å². The predicted molar refractivity (Wildman–Crippen MR) is 69.7 cm³/mol. The molecule has 0 spiro atoms. The minimum absolute atomic E-state index is 0.0681. The Morgan fingerprint density at radius 3 is 2.82 bits per heavy atom. The Morgan fingerprint density at radius 1 is 1.65 bits per heavy atom. The van der Waals surface area contributed by atoms with E-state index in [1.54, 1.807) is 16.3 Å². The molecule has 0 saturated heterocycles. The summed E-state index contributed by atoms with van der Waals surface area (Å²) in [6.45, 7) is 5.21. The number of nitrogen functional groups attached to an aromatic ring is 1. The fraction of sp³-hybridized carbons (Fsp3) is 0.500. The first-order valence-corrected chi connectivity index (χ1v) is 6.43. The maximum absolute atomic E-state index is 12.2. The lowest BCUT2D eigenvalue weighted by Crippen LogP contribution is -2.34. The third-order valence-corrected chi connectivity index (χ3v) is 3.17. The topological polar surface area (TPSA) is 70.1 Å². The van der Waals surface area contributed by atoms with Crippen LogP contribution in [0.5, 0.6) is 0 Å². The number of carbonyl (C=O) groups is 1. The lowest BCUT2D eigenvalue weighted by molar-refractivity contribution is 0.0746. The van der Waals surface area contributed by atoms with E-state index in [1.165, 1.54) is 11.3 Å². The summed E-state index contributed by atoms with van der Waals surface area (Å²) in [6, 6.07) is 3.80. The molecule has 1 amide bonds. The number of rotatable bonds is 5. The molecule has 0 atom stereocenters. The average molecular weight is 251 g/mol. The van der Waals surface area contributed by atoms with E-state index < -0.39 is 0 Å². The van der Waals surface area contributed by atoms with Crippen molar-refractivity contribution in [2.75, 3.05) is 18.8 Å². The lowest BCUT2D eigenvalue weighted by atomic mass is 10.2. The Kier molecular flexibility index (Phi) is 4.98. The summed E-state index contributed by atoms with van der Waals surface area (Å²) in [5.41, 5.74) is 6.26. The Morgan fingerprint density at radius 2 is 2.35 bits per heavy atom. The number of nitriles is 1. The summed E-state index contributed by atoms with van der Waals surface area (Å²) in [4.78, 5) is 14.5. The molecule has 1 heterocycles. The van der Waals surface area contributed by atoms with Crippen molar-refractivity contribution in [1.82, 2.24) is 4.90 Å². The smallest absolute Gasteiger partial charge is 0.266 e. The second kappa shape index (κ2) is 6.26. The van der Waals surface area contributed by atoms with E-state index in [2.05, 4.69) is 6.07 Å². The molecule has 2 N–H and O–H groups in total. The molecular formula is C12H17N3OS. The van der Waals surface area contributed by atoms with Crippen molar-refractivity contribution >= 4 is 22.9 Å². The van der Waals surface area contributed by atoms with Crippen LogP contribution in [0.2, 0.25) is 0 Å². The molecule has 5 heteroatoms. The molecule has 17 heavy (non-hydrogen) atoms. The van der Waals surface area contributed by atoms with E-state index >= 15 is 0 Å². The van der Waals surface area contributed by atoms with E-state index in [1.807, 2.05) is 13.8 Å². The van der Waals surface area contributed by atoms with Gasteiger partial charge in [0.2, 0.25) is 0 Å². The average Bonchev–Trinajstić information content (AvgIpc) is 2.69. The fourth-order valence-corrected chi connectivity index (χ4v) is 2.32. The molecule has 0 aromatic carbocycles. The normalized spacial score (nSPS) is 10.2. The number of nitrogens with zero attached hydrogens (tertiary/aromatic N) is 2. The first-order chi connectivity index (χ1) is 8.06. The number of thiophene rings is 1. The molecule has 0 unspecified atom stereocenters. The molecule has 1 rings (SSSR count). The predicted octanol–water partition coefficient (Wildman–Crippen LogP) is 2.34. The van der Waals surface area contributed by atoms with Crippen molar-refractivity contribution in [1.29, 1.82) is 5.26 Å². The molecule has 92 valence electrons. The van der Waals surface area contributed by atoms with Crippen LogP contribution >= 0.6 is 11.3 Å². The van der Waals surface area contributed by atoms with Crippen LogP contribution in [-0.2, 0) is 0 Å². The van der Waals surface area contributed by atoms with Gasteiger partial charge in [-0.2, -0.15) is 5.26 Å². The van der Waals surface area contributed by atoms with Gasteiger partial charge in [-0.05, 0) is 17.4 Å². The van der Waals surface area contributed by atoms with Crippen LogP contribution in [-0.4, -0.2) is 23.9 Å². The Hall–Kier alpha value is -1.54. The molecule has 0 fully saturated rings. The Balaban J connectivity index is 2.79. The highest BCUT2D eigenvalue weighted by atomic mass is 32.1. The summed E-state index contributed by atoms with van der Waals surface area (Å²) in [6.07, 6.45) is 0.351. The number of hydrogen-bond donors (Lipinski definition) is 1. The molecule has 0 aliphatic carbocycles. The summed E-state index contributed by atoms with van der Waals surface area (Å²) >= 11 is 1.35. The summed E-state index contributed by atoms with van der Waals surface area (Å²) in [7, 11) is 0. The molecule has 1 aromatic rings. The number of anilines is 1. The lowest BCUT2D eigenvalue weighted by Gasteiger charge is -2.23. The monoisotopic (exact) mass is 251 g/mol. The largest absolute Gasteiger partial charge is 0.397 e. The second-order valence-electron chi connectivity index (χ2n) is 4.26. The van der Waals surface area contributed by atoms with Gasteiger partial charge >= 0.3 is 0 Å². The van der Waals surface area contributed by atoms with Crippen molar-refractivity contribution < 1.29 is 4.79 Å². The van der Waals surface area contributed by atoms with Crippen molar-refractivity contribution in [3.05, 3.63) is 16.3 Å². The van der Waals surface area contributed by atoms with Crippen molar-refractivity contribution in [3.8, 4) is 6.07 Å². The minimum Gasteiger partial charge on any atom is -0.397 e. The number of nitrogens with two attached hydrogens (primary N) is 1. The van der Waals surface area contributed by atoms with Gasteiger partial charge < -0.3 is 10.6 Å². The van der Waals surface area contributed by atoms with Crippen molar-refractivity contribution in [3.63, 3.8) is 0 Å². The number of carbonyl (C=O) groups excluding carboxylic acids is 1. The third-order valence-electron chi connectivity index (χ3n) is 2.26. The minimum atomic E-state index is -0.0681. The van der Waals surface area contributed by atoms with Gasteiger partial charge in [-0.3, -0.25) is 4.79 Å². The molecular weight excluding hydrogens is 234 g/mol. The second-order valence-corrected chi connectivity index (χ2v) is 5.17. The highest BCUT2D eigenvalue weighted by Crippen LogP contribution is 2.21. The standard InChI is InChI=1S/C12H17N3OS/c1-9(2)8-15(6-3-5-13)12(16)11-10(14)4-7-17-11/h4,7,9H,3,6,8,14H2,1-2H3. The Bertz CT molecular complexity index is 420. The Labute approximate surface area is 106 Å². The SMILES string of the molecule is CC(C)CN(CCC#N)C(=O)c1sccc1N.